The molecule has 86 valence electrons. The Morgan fingerprint density at radius 3 is 2.75 bits per heavy atom. The van der Waals surface area contributed by atoms with Gasteiger partial charge in [0.25, 0.3) is 0 Å². The van der Waals surface area contributed by atoms with Crippen LogP contribution in [0.2, 0.25) is 0 Å². The molecule has 0 radical (unpaired) electrons. The van der Waals surface area contributed by atoms with Crippen molar-refractivity contribution in [2.45, 2.75) is 17.4 Å². The van der Waals surface area contributed by atoms with Gasteiger partial charge in [-0.3, -0.25) is 0 Å². The highest BCUT2D eigenvalue weighted by Crippen LogP contribution is 2.28. The van der Waals surface area contributed by atoms with Crippen LogP contribution in [0.3, 0.4) is 0 Å². The van der Waals surface area contributed by atoms with Gasteiger partial charge in [0.05, 0.1) is 4.90 Å². The molecule has 1 aliphatic heterocycles. The van der Waals surface area contributed by atoms with Gasteiger partial charge in [-0.2, -0.15) is 0 Å². The second-order valence-corrected chi connectivity index (χ2v) is 5.85. The van der Waals surface area contributed by atoms with E-state index in [1.54, 1.807) is 6.07 Å². The molecule has 0 saturated carbocycles. The minimum absolute atomic E-state index is 0.199. The van der Waals surface area contributed by atoms with Gasteiger partial charge in [-0.05, 0) is 17.7 Å². The average Bonchev–Trinajstić information content (AvgIpc) is 2.58. The van der Waals surface area contributed by atoms with Crippen LogP contribution >= 0.6 is 0 Å². The van der Waals surface area contributed by atoms with Gasteiger partial charge in [0.15, 0.2) is 9.84 Å². The number of aliphatic carboxylic acids is 1. The van der Waals surface area contributed by atoms with Crippen molar-refractivity contribution in [3.8, 4) is 0 Å². The number of rotatable bonds is 2. The van der Waals surface area contributed by atoms with Gasteiger partial charge in [-0.1, -0.05) is 6.07 Å². The van der Waals surface area contributed by atoms with E-state index in [1.807, 2.05) is 0 Å². The van der Waals surface area contributed by atoms with E-state index in [0.29, 0.717) is 12.1 Å². The van der Waals surface area contributed by atoms with Crippen molar-refractivity contribution < 1.29 is 18.3 Å². The summed E-state index contributed by atoms with van der Waals surface area (Å²) in [6, 6.07) is 3.97. The number of carboxylic acids is 1. The second-order valence-electron chi connectivity index (χ2n) is 3.83. The lowest BCUT2D eigenvalue weighted by atomic mass is 10.1. The van der Waals surface area contributed by atoms with Gasteiger partial charge in [-0.25, -0.2) is 13.2 Å². The summed E-state index contributed by atoms with van der Waals surface area (Å²) in [7, 11) is -3.25. The van der Waals surface area contributed by atoms with Crippen molar-refractivity contribution in [3.05, 3.63) is 23.8 Å². The number of carbonyl (C=O) groups is 1. The van der Waals surface area contributed by atoms with E-state index in [4.69, 9.17) is 5.11 Å². The van der Waals surface area contributed by atoms with Crippen LogP contribution in [0, 0.1) is 0 Å². The molecule has 6 heteroatoms. The predicted octanol–water partition coefficient (Wildman–Crippen LogP) is 0.511. The zero-order chi connectivity index (χ0) is 11.9. The topological polar surface area (TPSA) is 83.5 Å². The molecule has 1 atom stereocenters. The summed E-state index contributed by atoms with van der Waals surface area (Å²) in [6.07, 6.45) is 1.51. The highest BCUT2D eigenvalue weighted by Gasteiger charge is 2.26. The third-order valence-corrected chi connectivity index (χ3v) is 3.67. The lowest BCUT2D eigenvalue weighted by Gasteiger charge is -2.04. The minimum atomic E-state index is -3.25. The van der Waals surface area contributed by atoms with Crippen molar-refractivity contribution in [1.29, 1.82) is 0 Å². The van der Waals surface area contributed by atoms with Crippen molar-refractivity contribution in [2.75, 3.05) is 11.6 Å². The predicted molar refractivity (Wildman–Crippen MR) is 58.3 cm³/mol. The van der Waals surface area contributed by atoms with Gasteiger partial charge in [0.2, 0.25) is 0 Å². The summed E-state index contributed by atoms with van der Waals surface area (Å²) in [6.45, 7) is 0. The summed E-state index contributed by atoms with van der Waals surface area (Å²) in [4.78, 5) is 11.0. The molecule has 1 heterocycles. The Hall–Kier alpha value is -1.56. The van der Waals surface area contributed by atoms with Gasteiger partial charge in [0.1, 0.15) is 6.04 Å². The van der Waals surface area contributed by atoms with E-state index in [-0.39, 0.29) is 4.90 Å². The number of fused-ring (bicyclic) bond motifs is 1. The largest absolute Gasteiger partial charge is 0.480 e. The Bertz CT molecular complexity index is 550. The maximum Gasteiger partial charge on any atom is 0.326 e. The Kier molecular flexibility index (Phi) is 2.38. The maximum atomic E-state index is 11.3. The summed E-state index contributed by atoms with van der Waals surface area (Å²) >= 11 is 0. The van der Waals surface area contributed by atoms with Crippen LogP contribution in [-0.4, -0.2) is 31.8 Å². The Labute approximate surface area is 93.0 Å². The van der Waals surface area contributed by atoms with Crippen molar-refractivity contribution >= 4 is 21.5 Å². The van der Waals surface area contributed by atoms with Gasteiger partial charge >= 0.3 is 5.97 Å². The number of anilines is 1. The fraction of sp³-hybridized carbons (Fsp3) is 0.300. The zero-order valence-electron chi connectivity index (χ0n) is 8.60. The smallest absolute Gasteiger partial charge is 0.326 e. The molecular weight excluding hydrogens is 230 g/mol. The molecule has 0 saturated heterocycles. The molecule has 1 aromatic rings. The highest BCUT2D eigenvalue weighted by molar-refractivity contribution is 7.90. The van der Waals surface area contributed by atoms with Crippen LogP contribution in [0.4, 0.5) is 5.69 Å². The first kappa shape index (κ1) is 10.9. The molecule has 2 N–H and O–H groups in total. The number of hydrogen-bond acceptors (Lipinski definition) is 4. The number of benzene rings is 1. The van der Waals surface area contributed by atoms with E-state index in [0.717, 1.165) is 11.8 Å². The molecule has 0 aromatic heterocycles. The lowest BCUT2D eigenvalue weighted by molar-refractivity contribution is -0.137. The summed E-state index contributed by atoms with van der Waals surface area (Å²) in [5.41, 5.74) is 1.43. The van der Waals surface area contributed by atoms with E-state index < -0.39 is 21.8 Å². The Balaban J connectivity index is 2.39. The quantitative estimate of drug-likeness (QED) is 0.788. The van der Waals surface area contributed by atoms with Crippen LogP contribution < -0.4 is 5.32 Å². The van der Waals surface area contributed by atoms with Gasteiger partial charge < -0.3 is 10.4 Å². The minimum Gasteiger partial charge on any atom is -0.480 e. The first-order valence-corrected chi connectivity index (χ1v) is 6.59. The molecule has 1 aliphatic rings. The van der Waals surface area contributed by atoms with Crippen LogP contribution in [0.5, 0.6) is 0 Å². The third-order valence-electron chi connectivity index (χ3n) is 2.56. The second kappa shape index (κ2) is 3.48. The fourth-order valence-corrected chi connectivity index (χ4v) is 2.35. The Morgan fingerprint density at radius 1 is 1.50 bits per heavy atom. The molecular formula is C10H11NO4S. The standard InChI is InChI=1S/C10H11NO4S/c1-16(14,15)7-3-2-6-4-9(10(12)13)11-8(6)5-7/h2-3,5,9,11H,4H2,1H3,(H,12,13). The number of nitrogens with one attached hydrogen (secondary N) is 1. The first-order chi connectivity index (χ1) is 7.38. The summed E-state index contributed by atoms with van der Waals surface area (Å²) in [5.74, 6) is -0.933. The summed E-state index contributed by atoms with van der Waals surface area (Å²) in [5, 5.41) is 11.6. The zero-order valence-corrected chi connectivity index (χ0v) is 9.41. The normalized spacial score (nSPS) is 18.9. The van der Waals surface area contributed by atoms with Crippen LogP contribution in [0.1, 0.15) is 5.56 Å². The molecule has 0 spiro atoms. The number of carboxylic acid groups (broad SMARTS) is 1. The Morgan fingerprint density at radius 2 is 2.19 bits per heavy atom. The van der Waals surface area contributed by atoms with Crippen molar-refractivity contribution in [3.63, 3.8) is 0 Å². The fourth-order valence-electron chi connectivity index (χ4n) is 1.71. The molecule has 0 bridgehead atoms. The molecule has 1 unspecified atom stereocenters. The van der Waals surface area contributed by atoms with Gasteiger partial charge in [0, 0.05) is 18.4 Å². The first-order valence-electron chi connectivity index (χ1n) is 4.70. The van der Waals surface area contributed by atoms with Crippen LogP contribution in [-0.2, 0) is 21.1 Å². The van der Waals surface area contributed by atoms with E-state index in [1.165, 1.54) is 12.1 Å². The SMILES string of the molecule is CS(=O)(=O)c1ccc2c(c1)NC(C(=O)O)C2. The van der Waals surface area contributed by atoms with Crippen LogP contribution in [0.25, 0.3) is 0 Å². The summed E-state index contributed by atoms with van der Waals surface area (Å²) < 4.78 is 22.6. The molecule has 5 nitrogen and oxygen atoms in total. The van der Waals surface area contributed by atoms with Crippen molar-refractivity contribution in [2.24, 2.45) is 0 Å². The maximum absolute atomic E-state index is 11.3. The van der Waals surface area contributed by atoms with Crippen LogP contribution in [0.15, 0.2) is 23.1 Å². The molecule has 16 heavy (non-hydrogen) atoms. The highest BCUT2D eigenvalue weighted by atomic mass is 32.2. The number of hydrogen-bond donors (Lipinski definition) is 2. The van der Waals surface area contributed by atoms with E-state index >= 15 is 0 Å². The molecule has 1 aromatic carbocycles. The van der Waals surface area contributed by atoms with Gasteiger partial charge in [-0.15, -0.1) is 0 Å². The van der Waals surface area contributed by atoms with Crippen molar-refractivity contribution in [1.82, 2.24) is 0 Å². The average molecular weight is 241 g/mol. The van der Waals surface area contributed by atoms with E-state index in [2.05, 4.69) is 5.32 Å². The molecule has 0 amide bonds. The van der Waals surface area contributed by atoms with E-state index in [9.17, 15) is 13.2 Å². The number of sulfone groups is 1. The molecule has 2 rings (SSSR count). The molecule has 0 fully saturated rings. The molecule has 0 aliphatic carbocycles. The lowest BCUT2D eigenvalue weighted by Crippen LogP contribution is -2.26. The monoisotopic (exact) mass is 241 g/mol. The third kappa shape index (κ3) is 1.88.